The number of nitrogens with two attached hydrogens (primary N) is 1. The summed E-state index contributed by atoms with van der Waals surface area (Å²) in [5, 5.41) is 7.34. The summed E-state index contributed by atoms with van der Waals surface area (Å²) in [6, 6.07) is -0.121. The average Bonchev–Trinajstić information content (AvgIpc) is 3.16. The molecule has 21 heavy (non-hydrogen) atoms. The van der Waals surface area contributed by atoms with Gasteiger partial charge in [0.1, 0.15) is 11.9 Å². The van der Waals surface area contributed by atoms with Gasteiger partial charge < -0.3 is 15.6 Å². The fourth-order valence-electron chi connectivity index (χ4n) is 2.36. The van der Waals surface area contributed by atoms with Crippen LogP contribution in [0.15, 0.2) is 4.52 Å². The molecule has 0 spiro atoms. The average molecular weight is 288 g/mol. The largest absolute Gasteiger partial charge is 0.368 e. The second-order valence-corrected chi connectivity index (χ2v) is 5.48. The van der Waals surface area contributed by atoms with Crippen LogP contribution in [-0.4, -0.2) is 20.1 Å². The lowest BCUT2D eigenvalue weighted by atomic mass is 10.1. The quantitative estimate of drug-likeness (QED) is 0.870. The highest BCUT2D eigenvalue weighted by Gasteiger charge is 2.29. The number of rotatable bonds is 5. The van der Waals surface area contributed by atoms with Crippen molar-refractivity contribution in [2.75, 3.05) is 11.1 Å². The fraction of sp³-hybridized carbons (Fsp3) is 0.571. The number of hydrogen-bond donors (Lipinski definition) is 2. The standard InChI is InChI=1S/C14H20N6O/c1-4-10-7(2)17-14(15)19-12(10)16-8(3)13-18-11(20-21-13)9-5-6-9/h8-9H,4-6H2,1-3H3,(H3,15,16,17,19)/t8-/m1/s1. The third-order valence-electron chi connectivity index (χ3n) is 3.71. The van der Waals surface area contributed by atoms with Crippen molar-refractivity contribution >= 4 is 11.8 Å². The molecule has 0 saturated heterocycles. The summed E-state index contributed by atoms with van der Waals surface area (Å²) in [4.78, 5) is 12.9. The Kier molecular flexibility index (Phi) is 3.48. The minimum atomic E-state index is -0.121. The van der Waals surface area contributed by atoms with Gasteiger partial charge in [0.2, 0.25) is 11.8 Å². The Morgan fingerprint density at radius 3 is 2.76 bits per heavy atom. The first-order valence-electron chi connectivity index (χ1n) is 7.31. The van der Waals surface area contributed by atoms with Crippen LogP contribution in [-0.2, 0) is 6.42 Å². The first kappa shape index (κ1) is 13.8. The van der Waals surface area contributed by atoms with Crippen LogP contribution < -0.4 is 11.1 Å². The molecule has 1 saturated carbocycles. The van der Waals surface area contributed by atoms with Gasteiger partial charge in [-0.3, -0.25) is 0 Å². The van der Waals surface area contributed by atoms with Crippen LogP contribution in [0.1, 0.15) is 61.6 Å². The monoisotopic (exact) mass is 288 g/mol. The lowest BCUT2D eigenvalue weighted by molar-refractivity contribution is 0.362. The van der Waals surface area contributed by atoms with E-state index in [1.807, 2.05) is 13.8 Å². The molecule has 1 atom stereocenters. The van der Waals surface area contributed by atoms with Crippen molar-refractivity contribution in [3.8, 4) is 0 Å². The second kappa shape index (κ2) is 5.31. The van der Waals surface area contributed by atoms with E-state index < -0.39 is 0 Å². The van der Waals surface area contributed by atoms with Gasteiger partial charge in [-0.25, -0.2) is 4.98 Å². The lowest BCUT2D eigenvalue weighted by Gasteiger charge is -2.15. The van der Waals surface area contributed by atoms with Crippen LogP contribution in [0.3, 0.4) is 0 Å². The third kappa shape index (κ3) is 2.81. The summed E-state index contributed by atoms with van der Waals surface area (Å²) < 4.78 is 5.34. The number of nitrogens with zero attached hydrogens (tertiary/aromatic N) is 4. The minimum absolute atomic E-state index is 0.121. The van der Waals surface area contributed by atoms with E-state index in [1.165, 1.54) is 0 Å². The summed E-state index contributed by atoms with van der Waals surface area (Å²) in [6.07, 6.45) is 3.14. The van der Waals surface area contributed by atoms with E-state index in [0.29, 0.717) is 11.8 Å². The van der Waals surface area contributed by atoms with E-state index in [9.17, 15) is 0 Å². The van der Waals surface area contributed by atoms with Gasteiger partial charge in [-0.15, -0.1) is 0 Å². The number of anilines is 2. The molecule has 7 nitrogen and oxygen atoms in total. The first-order chi connectivity index (χ1) is 10.1. The van der Waals surface area contributed by atoms with Crippen molar-refractivity contribution in [2.24, 2.45) is 0 Å². The number of aryl methyl sites for hydroxylation is 1. The molecule has 1 aliphatic rings. The van der Waals surface area contributed by atoms with Crippen LogP contribution in [0.2, 0.25) is 0 Å². The van der Waals surface area contributed by atoms with Crippen LogP contribution in [0, 0.1) is 6.92 Å². The smallest absolute Gasteiger partial charge is 0.248 e. The van der Waals surface area contributed by atoms with E-state index in [0.717, 1.165) is 42.2 Å². The molecule has 7 heteroatoms. The predicted molar refractivity (Wildman–Crippen MR) is 78.9 cm³/mol. The van der Waals surface area contributed by atoms with Crippen molar-refractivity contribution in [1.29, 1.82) is 0 Å². The molecule has 0 amide bonds. The highest BCUT2D eigenvalue weighted by atomic mass is 16.5. The zero-order valence-corrected chi connectivity index (χ0v) is 12.6. The van der Waals surface area contributed by atoms with E-state index in [2.05, 4.69) is 32.3 Å². The van der Waals surface area contributed by atoms with E-state index in [1.54, 1.807) is 0 Å². The topological polar surface area (TPSA) is 103 Å². The van der Waals surface area contributed by atoms with Gasteiger partial charge in [0.05, 0.1) is 0 Å². The Labute approximate surface area is 123 Å². The maximum Gasteiger partial charge on any atom is 0.248 e. The molecule has 1 fully saturated rings. The maximum absolute atomic E-state index is 5.74. The van der Waals surface area contributed by atoms with Gasteiger partial charge in [0.15, 0.2) is 5.82 Å². The summed E-state index contributed by atoms with van der Waals surface area (Å²) in [5.41, 5.74) is 7.68. The molecule has 2 heterocycles. The highest BCUT2D eigenvalue weighted by molar-refractivity contribution is 5.50. The predicted octanol–water partition coefficient (Wildman–Crippen LogP) is 2.36. The van der Waals surface area contributed by atoms with Gasteiger partial charge in [-0.2, -0.15) is 9.97 Å². The Morgan fingerprint density at radius 2 is 2.10 bits per heavy atom. The number of aromatic nitrogens is 4. The molecule has 0 aliphatic heterocycles. The normalized spacial score (nSPS) is 16.0. The van der Waals surface area contributed by atoms with E-state index in [4.69, 9.17) is 10.3 Å². The van der Waals surface area contributed by atoms with Gasteiger partial charge in [0.25, 0.3) is 0 Å². The Balaban J connectivity index is 1.81. The molecular weight excluding hydrogens is 268 g/mol. The van der Waals surface area contributed by atoms with Gasteiger partial charge >= 0.3 is 0 Å². The summed E-state index contributed by atoms with van der Waals surface area (Å²) >= 11 is 0. The number of nitrogen functional groups attached to an aromatic ring is 1. The van der Waals surface area contributed by atoms with Crippen molar-refractivity contribution in [3.63, 3.8) is 0 Å². The maximum atomic E-state index is 5.74. The number of nitrogens with one attached hydrogen (secondary N) is 1. The summed E-state index contributed by atoms with van der Waals surface area (Å²) in [6.45, 7) is 5.97. The zero-order chi connectivity index (χ0) is 15.0. The molecule has 3 rings (SSSR count). The third-order valence-corrected chi connectivity index (χ3v) is 3.71. The Morgan fingerprint density at radius 1 is 1.33 bits per heavy atom. The molecular formula is C14H20N6O. The number of hydrogen-bond acceptors (Lipinski definition) is 7. The Bertz CT molecular complexity index is 649. The molecule has 112 valence electrons. The summed E-state index contributed by atoms with van der Waals surface area (Å²) in [5.74, 6) is 2.88. The van der Waals surface area contributed by atoms with Gasteiger partial charge in [-0.05, 0) is 33.1 Å². The highest BCUT2D eigenvalue weighted by Crippen LogP contribution is 2.38. The van der Waals surface area contributed by atoms with Crippen molar-refractivity contribution < 1.29 is 4.52 Å². The van der Waals surface area contributed by atoms with Crippen molar-refractivity contribution in [1.82, 2.24) is 20.1 Å². The SMILES string of the molecule is CCc1c(C)nc(N)nc1N[C@H](C)c1nc(C2CC2)no1. The molecule has 2 aromatic rings. The lowest BCUT2D eigenvalue weighted by Crippen LogP contribution is -2.13. The zero-order valence-electron chi connectivity index (χ0n) is 12.6. The molecule has 2 aromatic heterocycles. The molecule has 0 bridgehead atoms. The van der Waals surface area contributed by atoms with E-state index >= 15 is 0 Å². The van der Waals surface area contributed by atoms with Crippen LogP contribution in [0.4, 0.5) is 11.8 Å². The molecule has 0 unspecified atom stereocenters. The van der Waals surface area contributed by atoms with Crippen molar-refractivity contribution in [3.05, 3.63) is 23.0 Å². The van der Waals surface area contributed by atoms with Crippen LogP contribution in [0.25, 0.3) is 0 Å². The fourth-order valence-corrected chi connectivity index (χ4v) is 2.36. The molecule has 1 aliphatic carbocycles. The van der Waals surface area contributed by atoms with Crippen LogP contribution in [0.5, 0.6) is 0 Å². The minimum Gasteiger partial charge on any atom is -0.368 e. The first-order valence-corrected chi connectivity index (χ1v) is 7.31. The second-order valence-electron chi connectivity index (χ2n) is 5.48. The summed E-state index contributed by atoms with van der Waals surface area (Å²) in [7, 11) is 0. The van der Waals surface area contributed by atoms with Gasteiger partial charge in [0, 0.05) is 17.2 Å². The van der Waals surface area contributed by atoms with Gasteiger partial charge in [-0.1, -0.05) is 12.1 Å². The van der Waals surface area contributed by atoms with Crippen LogP contribution >= 0.6 is 0 Å². The molecule has 0 aromatic carbocycles. The Hall–Kier alpha value is -2.18. The molecule has 3 N–H and O–H groups in total. The molecule has 0 radical (unpaired) electrons. The van der Waals surface area contributed by atoms with E-state index in [-0.39, 0.29) is 12.0 Å². The van der Waals surface area contributed by atoms with Crippen molar-refractivity contribution in [2.45, 2.75) is 52.0 Å².